The fourth-order valence-electron chi connectivity index (χ4n) is 2.03. The van der Waals surface area contributed by atoms with Gasteiger partial charge in [-0.1, -0.05) is 6.92 Å². The van der Waals surface area contributed by atoms with Crippen LogP contribution in [0.4, 0.5) is 0 Å². The number of hydrogen-bond acceptors (Lipinski definition) is 4. The maximum absolute atomic E-state index is 12.2. The fourth-order valence-corrected chi connectivity index (χ4v) is 2.89. The Morgan fingerprint density at radius 3 is 2.53 bits per heavy atom. The van der Waals surface area contributed by atoms with E-state index >= 15 is 0 Å². The maximum Gasteiger partial charge on any atom is 0.247 e. The number of hydrogen-bond donors (Lipinski definition) is 1. The van der Waals surface area contributed by atoms with Gasteiger partial charge in [0.2, 0.25) is 11.8 Å². The molecule has 0 aromatic rings. The van der Waals surface area contributed by atoms with Crippen LogP contribution in [0.3, 0.4) is 0 Å². The van der Waals surface area contributed by atoms with E-state index < -0.39 is 15.4 Å². The molecule has 0 unspecified atom stereocenters. The Kier molecular flexibility index (Phi) is 4.95. The van der Waals surface area contributed by atoms with Crippen LogP contribution in [0.5, 0.6) is 0 Å². The van der Waals surface area contributed by atoms with Gasteiger partial charge < -0.3 is 10.2 Å². The zero-order valence-electron chi connectivity index (χ0n) is 11.7. The first-order valence-corrected chi connectivity index (χ1v) is 8.31. The van der Waals surface area contributed by atoms with Gasteiger partial charge in [0.15, 0.2) is 0 Å². The minimum absolute atomic E-state index is 0.0785. The van der Waals surface area contributed by atoms with E-state index in [1.54, 1.807) is 25.7 Å². The van der Waals surface area contributed by atoms with Crippen LogP contribution < -0.4 is 5.32 Å². The predicted molar refractivity (Wildman–Crippen MR) is 72.4 cm³/mol. The SMILES string of the molecule is CCS(=O)(=O)CCCN1CCC(=O)NC(C)(C)C1=O. The Balaban J connectivity index is 2.62. The molecule has 0 aliphatic carbocycles. The smallest absolute Gasteiger partial charge is 0.247 e. The van der Waals surface area contributed by atoms with Crippen LogP contribution in [0.1, 0.15) is 33.6 Å². The molecule has 1 N–H and O–H groups in total. The molecular formula is C12H22N2O4S. The van der Waals surface area contributed by atoms with Crippen LogP contribution in [0.25, 0.3) is 0 Å². The second kappa shape index (κ2) is 5.90. The minimum atomic E-state index is -3.01. The summed E-state index contributed by atoms with van der Waals surface area (Å²) in [6.45, 7) is 5.65. The van der Waals surface area contributed by atoms with Crippen LogP contribution in [0.15, 0.2) is 0 Å². The molecule has 1 rings (SSSR count). The van der Waals surface area contributed by atoms with Crippen molar-refractivity contribution in [2.24, 2.45) is 0 Å². The quantitative estimate of drug-likeness (QED) is 0.769. The first kappa shape index (κ1) is 15.9. The number of carbonyl (C=O) groups excluding carboxylic acids is 2. The highest BCUT2D eigenvalue weighted by atomic mass is 32.2. The first-order chi connectivity index (χ1) is 8.68. The van der Waals surface area contributed by atoms with E-state index in [-0.39, 0.29) is 29.7 Å². The Labute approximate surface area is 114 Å². The van der Waals surface area contributed by atoms with Crippen molar-refractivity contribution in [3.8, 4) is 0 Å². The molecule has 0 atom stereocenters. The van der Waals surface area contributed by atoms with Gasteiger partial charge in [0.25, 0.3) is 0 Å². The number of nitrogens with zero attached hydrogens (tertiary/aromatic N) is 1. The molecule has 6 nitrogen and oxygen atoms in total. The van der Waals surface area contributed by atoms with Crippen LogP contribution in [0.2, 0.25) is 0 Å². The second-order valence-corrected chi connectivity index (χ2v) is 7.78. The minimum Gasteiger partial charge on any atom is -0.342 e. The summed E-state index contributed by atoms with van der Waals surface area (Å²) in [5, 5.41) is 2.67. The standard InChI is InChI=1S/C12H22N2O4S/c1-4-19(17,18)9-5-7-14-8-6-10(15)13-12(2,3)11(14)16/h4-9H2,1-3H3,(H,13,15). The van der Waals surface area contributed by atoms with Crippen molar-refractivity contribution in [2.45, 2.75) is 39.2 Å². The molecule has 1 aliphatic heterocycles. The Hall–Kier alpha value is -1.11. The lowest BCUT2D eigenvalue weighted by molar-refractivity contribution is -0.137. The highest BCUT2D eigenvalue weighted by Crippen LogP contribution is 2.13. The van der Waals surface area contributed by atoms with Gasteiger partial charge in [-0.2, -0.15) is 0 Å². The molecule has 1 fully saturated rings. The molecule has 0 spiro atoms. The van der Waals surface area contributed by atoms with Crippen molar-refractivity contribution in [1.82, 2.24) is 10.2 Å². The van der Waals surface area contributed by atoms with Gasteiger partial charge in [-0.15, -0.1) is 0 Å². The predicted octanol–water partition coefficient (Wildman–Crippen LogP) is -0.0617. The van der Waals surface area contributed by atoms with Crippen molar-refractivity contribution in [2.75, 3.05) is 24.6 Å². The Bertz CT molecular complexity index is 456. The number of sulfone groups is 1. The van der Waals surface area contributed by atoms with Gasteiger partial charge in [-0.25, -0.2) is 8.42 Å². The summed E-state index contributed by atoms with van der Waals surface area (Å²) >= 11 is 0. The first-order valence-electron chi connectivity index (χ1n) is 6.49. The molecule has 110 valence electrons. The largest absolute Gasteiger partial charge is 0.342 e. The number of amides is 2. The summed E-state index contributed by atoms with van der Waals surface area (Å²) in [5.41, 5.74) is -0.919. The molecular weight excluding hydrogens is 268 g/mol. The summed E-state index contributed by atoms with van der Waals surface area (Å²) in [5.74, 6) is -0.115. The van der Waals surface area contributed by atoms with Crippen molar-refractivity contribution < 1.29 is 18.0 Å². The lowest BCUT2D eigenvalue weighted by atomic mass is 10.0. The third-order valence-electron chi connectivity index (χ3n) is 3.21. The topological polar surface area (TPSA) is 83.6 Å². The number of carbonyl (C=O) groups is 2. The van der Waals surface area contributed by atoms with E-state index in [0.29, 0.717) is 19.5 Å². The van der Waals surface area contributed by atoms with Gasteiger partial charge in [0, 0.05) is 25.3 Å². The molecule has 0 bridgehead atoms. The number of nitrogens with one attached hydrogen (secondary N) is 1. The van der Waals surface area contributed by atoms with E-state index in [2.05, 4.69) is 5.32 Å². The second-order valence-electron chi connectivity index (χ2n) is 5.31. The summed E-state index contributed by atoms with van der Waals surface area (Å²) in [6, 6.07) is 0. The molecule has 0 aromatic heterocycles. The lowest BCUT2D eigenvalue weighted by Gasteiger charge is -2.28. The van der Waals surface area contributed by atoms with Crippen LogP contribution >= 0.6 is 0 Å². The highest BCUT2D eigenvalue weighted by Gasteiger charge is 2.36. The lowest BCUT2D eigenvalue weighted by Crippen LogP contribution is -2.53. The highest BCUT2D eigenvalue weighted by molar-refractivity contribution is 7.91. The molecule has 19 heavy (non-hydrogen) atoms. The van der Waals surface area contributed by atoms with Crippen molar-refractivity contribution in [1.29, 1.82) is 0 Å². The third-order valence-corrected chi connectivity index (χ3v) is 5.00. The number of rotatable bonds is 5. The maximum atomic E-state index is 12.2. The molecule has 1 aliphatic rings. The zero-order chi connectivity index (χ0) is 14.7. The molecule has 2 amide bonds. The van der Waals surface area contributed by atoms with E-state index in [0.717, 1.165) is 0 Å². The van der Waals surface area contributed by atoms with E-state index in [9.17, 15) is 18.0 Å². The Morgan fingerprint density at radius 2 is 1.95 bits per heavy atom. The monoisotopic (exact) mass is 290 g/mol. The normalized spacial score (nSPS) is 20.1. The molecule has 1 heterocycles. The van der Waals surface area contributed by atoms with Crippen molar-refractivity contribution >= 4 is 21.7 Å². The van der Waals surface area contributed by atoms with E-state index in [1.165, 1.54) is 0 Å². The van der Waals surface area contributed by atoms with Gasteiger partial charge in [-0.3, -0.25) is 9.59 Å². The molecule has 0 saturated carbocycles. The summed E-state index contributed by atoms with van der Waals surface area (Å²) < 4.78 is 22.8. The summed E-state index contributed by atoms with van der Waals surface area (Å²) in [6.07, 6.45) is 0.669. The molecule has 1 saturated heterocycles. The van der Waals surface area contributed by atoms with Gasteiger partial charge in [0.1, 0.15) is 15.4 Å². The van der Waals surface area contributed by atoms with E-state index in [4.69, 9.17) is 0 Å². The summed E-state index contributed by atoms with van der Waals surface area (Å²) in [4.78, 5) is 25.3. The zero-order valence-corrected chi connectivity index (χ0v) is 12.5. The molecule has 0 radical (unpaired) electrons. The van der Waals surface area contributed by atoms with Gasteiger partial charge in [-0.05, 0) is 20.3 Å². The van der Waals surface area contributed by atoms with E-state index in [1.807, 2.05) is 0 Å². The summed E-state index contributed by atoms with van der Waals surface area (Å²) in [7, 11) is -3.01. The fraction of sp³-hybridized carbons (Fsp3) is 0.833. The average Bonchev–Trinajstić information content (AvgIpc) is 2.40. The Morgan fingerprint density at radius 1 is 1.32 bits per heavy atom. The average molecular weight is 290 g/mol. The van der Waals surface area contributed by atoms with Crippen LogP contribution in [0, 0.1) is 0 Å². The van der Waals surface area contributed by atoms with Gasteiger partial charge >= 0.3 is 0 Å². The third kappa shape index (κ3) is 4.49. The molecule has 7 heteroatoms. The van der Waals surface area contributed by atoms with Crippen molar-refractivity contribution in [3.05, 3.63) is 0 Å². The van der Waals surface area contributed by atoms with Crippen molar-refractivity contribution in [3.63, 3.8) is 0 Å². The van der Waals surface area contributed by atoms with Crippen LogP contribution in [-0.2, 0) is 19.4 Å². The molecule has 0 aromatic carbocycles. The van der Waals surface area contributed by atoms with Crippen LogP contribution in [-0.4, -0.2) is 55.3 Å². The van der Waals surface area contributed by atoms with Gasteiger partial charge in [0.05, 0.1) is 5.75 Å².